The van der Waals surface area contributed by atoms with Gasteiger partial charge in [0, 0.05) is 16.1 Å². The molecule has 1 amide bonds. The monoisotopic (exact) mass is 274 g/mol. The Labute approximate surface area is 115 Å². The van der Waals surface area contributed by atoms with Gasteiger partial charge in [-0.25, -0.2) is 5.43 Å². The van der Waals surface area contributed by atoms with Crippen molar-refractivity contribution in [1.29, 1.82) is 0 Å². The summed E-state index contributed by atoms with van der Waals surface area (Å²) in [6.07, 6.45) is 1.37. The summed E-state index contributed by atoms with van der Waals surface area (Å²) in [5.74, 6) is -0.266. The minimum absolute atomic E-state index is 0.100. The maximum absolute atomic E-state index is 11.7. The van der Waals surface area contributed by atoms with Crippen LogP contribution in [0.15, 0.2) is 53.6 Å². The van der Waals surface area contributed by atoms with Crippen LogP contribution < -0.4 is 5.43 Å². The van der Waals surface area contributed by atoms with Gasteiger partial charge in [0.25, 0.3) is 5.91 Å². The fourth-order valence-corrected chi connectivity index (χ4v) is 1.64. The predicted octanol–water partition coefficient (Wildman–Crippen LogP) is 2.81. The summed E-state index contributed by atoms with van der Waals surface area (Å²) in [6, 6.07) is 13.2. The number of carbonyl (C=O) groups is 1. The van der Waals surface area contributed by atoms with Crippen molar-refractivity contribution in [2.75, 3.05) is 0 Å². The van der Waals surface area contributed by atoms with Crippen LogP contribution in [0.25, 0.3) is 0 Å². The third kappa shape index (κ3) is 3.56. The van der Waals surface area contributed by atoms with Gasteiger partial charge < -0.3 is 5.11 Å². The Hall–Kier alpha value is -2.33. The Bertz CT molecular complexity index is 626. The lowest BCUT2D eigenvalue weighted by molar-refractivity contribution is 0.0955. The zero-order valence-electron chi connectivity index (χ0n) is 9.88. The molecule has 2 rings (SSSR count). The van der Waals surface area contributed by atoms with Gasteiger partial charge in [0.15, 0.2) is 0 Å². The summed E-state index contributed by atoms with van der Waals surface area (Å²) >= 11 is 5.79. The smallest absolute Gasteiger partial charge is 0.271 e. The summed E-state index contributed by atoms with van der Waals surface area (Å²) in [6.45, 7) is 0. The first-order valence-corrected chi connectivity index (χ1v) is 5.91. The number of carbonyl (C=O) groups excluding carboxylic acids is 1. The zero-order valence-corrected chi connectivity index (χ0v) is 10.6. The average Bonchev–Trinajstić information content (AvgIpc) is 2.41. The van der Waals surface area contributed by atoms with Gasteiger partial charge in [0.2, 0.25) is 0 Å². The van der Waals surface area contributed by atoms with E-state index in [9.17, 15) is 9.90 Å². The molecule has 96 valence electrons. The molecule has 0 saturated heterocycles. The lowest BCUT2D eigenvalue weighted by atomic mass is 10.2. The van der Waals surface area contributed by atoms with E-state index in [2.05, 4.69) is 10.5 Å². The van der Waals surface area contributed by atoms with E-state index in [4.69, 9.17) is 11.6 Å². The van der Waals surface area contributed by atoms with Gasteiger partial charge in [0.05, 0.1) is 6.21 Å². The molecule has 0 bridgehead atoms. The van der Waals surface area contributed by atoms with Crippen LogP contribution in [0.2, 0.25) is 5.02 Å². The topological polar surface area (TPSA) is 61.7 Å². The number of phenols is 1. The molecular formula is C14H11ClN2O2. The SMILES string of the molecule is O=C(N/N=C/c1ccccc1O)c1cccc(Cl)c1. The number of rotatable bonds is 3. The lowest BCUT2D eigenvalue weighted by Crippen LogP contribution is -2.17. The van der Waals surface area contributed by atoms with E-state index in [0.29, 0.717) is 16.1 Å². The van der Waals surface area contributed by atoms with E-state index in [1.165, 1.54) is 6.21 Å². The Balaban J connectivity index is 2.03. The van der Waals surface area contributed by atoms with Crippen molar-refractivity contribution in [3.63, 3.8) is 0 Å². The van der Waals surface area contributed by atoms with Crippen molar-refractivity contribution in [3.05, 3.63) is 64.7 Å². The highest BCUT2D eigenvalue weighted by molar-refractivity contribution is 6.30. The first-order chi connectivity index (χ1) is 9.16. The molecule has 4 nitrogen and oxygen atoms in total. The van der Waals surface area contributed by atoms with Crippen molar-refractivity contribution in [2.24, 2.45) is 5.10 Å². The van der Waals surface area contributed by atoms with Crippen LogP contribution in [0.3, 0.4) is 0 Å². The number of nitrogens with zero attached hydrogens (tertiary/aromatic N) is 1. The fraction of sp³-hybridized carbons (Fsp3) is 0. The number of hydrogen-bond acceptors (Lipinski definition) is 3. The number of halogens is 1. The Morgan fingerprint density at radius 2 is 2.00 bits per heavy atom. The average molecular weight is 275 g/mol. The van der Waals surface area contributed by atoms with Gasteiger partial charge in [-0.05, 0) is 30.3 Å². The van der Waals surface area contributed by atoms with Crippen LogP contribution in [0.4, 0.5) is 0 Å². The van der Waals surface area contributed by atoms with E-state index < -0.39 is 0 Å². The van der Waals surface area contributed by atoms with Crippen LogP contribution in [0, 0.1) is 0 Å². The van der Waals surface area contributed by atoms with Gasteiger partial charge in [-0.3, -0.25) is 4.79 Å². The zero-order chi connectivity index (χ0) is 13.7. The molecule has 0 unspecified atom stereocenters. The van der Waals surface area contributed by atoms with Crippen LogP contribution in [0.1, 0.15) is 15.9 Å². The van der Waals surface area contributed by atoms with Gasteiger partial charge >= 0.3 is 0 Å². The number of para-hydroxylation sites is 1. The highest BCUT2D eigenvalue weighted by Crippen LogP contribution is 2.13. The maximum Gasteiger partial charge on any atom is 0.271 e. The summed E-state index contributed by atoms with van der Waals surface area (Å²) in [5.41, 5.74) is 3.30. The van der Waals surface area contributed by atoms with Crippen molar-refractivity contribution >= 4 is 23.7 Å². The molecule has 2 aromatic rings. The van der Waals surface area contributed by atoms with Crippen LogP contribution in [-0.2, 0) is 0 Å². The second-order valence-electron chi connectivity index (χ2n) is 3.77. The van der Waals surface area contributed by atoms with Gasteiger partial charge in [-0.2, -0.15) is 5.10 Å². The molecule has 0 fully saturated rings. The molecule has 0 heterocycles. The maximum atomic E-state index is 11.7. The van der Waals surface area contributed by atoms with Crippen molar-refractivity contribution in [3.8, 4) is 5.75 Å². The van der Waals surface area contributed by atoms with E-state index >= 15 is 0 Å². The minimum atomic E-state index is -0.367. The number of nitrogens with one attached hydrogen (secondary N) is 1. The number of amides is 1. The Morgan fingerprint density at radius 1 is 1.21 bits per heavy atom. The molecule has 0 aliphatic rings. The number of benzene rings is 2. The predicted molar refractivity (Wildman–Crippen MR) is 74.6 cm³/mol. The number of hydrazone groups is 1. The molecule has 19 heavy (non-hydrogen) atoms. The molecular weight excluding hydrogens is 264 g/mol. The van der Waals surface area contributed by atoms with Crippen LogP contribution in [-0.4, -0.2) is 17.2 Å². The normalized spacial score (nSPS) is 10.6. The second kappa shape index (κ2) is 6.02. The van der Waals surface area contributed by atoms with Gasteiger partial charge in [-0.1, -0.05) is 29.8 Å². The highest BCUT2D eigenvalue weighted by Gasteiger charge is 2.04. The molecule has 2 N–H and O–H groups in total. The molecule has 0 saturated carbocycles. The number of hydrogen-bond donors (Lipinski definition) is 2. The van der Waals surface area contributed by atoms with Gasteiger partial charge in [-0.15, -0.1) is 0 Å². The molecule has 0 aliphatic heterocycles. The van der Waals surface area contributed by atoms with E-state index in [1.54, 1.807) is 48.5 Å². The summed E-state index contributed by atoms with van der Waals surface area (Å²) in [5, 5.41) is 13.8. The van der Waals surface area contributed by atoms with E-state index in [-0.39, 0.29) is 11.7 Å². The molecule has 0 aromatic heterocycles. The molecule has 5 heteroatoms. The Kier molecular flexibility index (Phi) is 4.15. The lowest BCUT2D eigenvalue weighted by Gasteiger charge is -2.00. The van der Waals surface area contributed by atoms with Crippen molar-refractivity contribution < 1.29 is 9.90 Å². The third-order valence-corrected chi connectivity index (χ3v) is 2.63. The standard InChI is InChI=1S/C14H11ClN2O2/c15-12-6-3-5-10(8-12)14(19)17-16-9-11-4-1-2-7-13(11)18/h1-9,18H,(H,17,19)/b16-9+. The van der Waals surface area contributed by atoms with Crippen molar-refractivity contribution in [2.45, 2.75) is 0 Å². The molecule has 0 atom stereocenters. The number of phenolic OH excluding ortho intramolecular Hbond substituents is 1. The second-order valence-corrected chi connectivity index (χ2v) is 4.20. The summed E-state index contributed by atoms with van der Waals surface area (Å²) < 4.78 is 0. The third-order valence-electron chi connectivity index (χ3n) is 2.39. The molecule has 0 aliphatic carbocycles. The van der Waals surface area contributed by atoms with E-state index in [0.717, 1.165) is 0 Å². The van der Waals surface area contributed by atoms with Crippen molar-refractivity contribution in [1.82, 2.24) is 5.43 Å². The first-order valence-electron chi connectivity index (χ1n) is 5.54. The summed E-state index contributed by atoms with van der Waals surface area (Å²) in [7, 11) is 0. The van der Waals surface area contributed by atoms with Crippen LogP contribution >= 0.6 is 11.6 Å². The molecule has 2 aromatic carbocycles. The van der Waals surface area contributed by atoms with Crippen LogP contribution in [0.5, 0.6) is 5.75 Å². The highest BCUT2D eigenvalue weighted by atomic mass is 35.5. The number of aromatic hydroxyl groups is 1. The van der Waals surface area contributed by atoms with E-state index in [1.807, 2.05) is 0 Å². The minimum Gasteiger partial charge on any atom is -0.507 e. The Morgan fingerprint density at radius 3 is 2.74 bits per heavy atom. The largest absolute Gasteiger partial charge is 0.507 e. The van der Waals surface area contributed by atoms with Gasteiger partial charge in [0.1, 0.15) is 5.75 Å². The first kappa shape index (κ1) is 13.1. The quantitative estimate of drug-likeness (QED) is 0.668. The molecule has 0 radical (unpaired) electrons. The summed E-state index contributed by atoms with van der Waals surface area (Å²) in [4.78, 5) is 11.7. The molecule has 0 spiro atoms. The fourth-order valence-electron chi connectivity index (χ4n) is 1.45.